The Morgan fingerprint density at radius 2 is 1.95 bits per heavy atom. The fourth-order valence-electron chi connectivity index (χ4n) is 2.74. The van der Waals surface area contributed by atoms with Crippen LogP contribution in [0.3, 0.4) is 0 Å². The van der Waals surface area contributed by atoms with Gasteiger partial charge in [-0.05, 0) is 37.4 Å². The molecule has 2 rings (SSSR count). The zero-order valence-corrected chi connectivity index (χ0v) is 13.6. The summed E-state index contributed by atoms with van der Waals surface area (Å²) in [5.41, 5.74) is 6.14. The van der Waals surface area contributed by atoms with Gasteiger partial charge in [0.1, 0.15) is 0 Å². The molecular formula is C17H26N4. The number of hydrogen-bond acceptors (Lipinski definition) is 3. The van der Waals surface area contributed by atoms with Crippen LogP contribution < -0.4 is 5.32 Å². The van der Waals surface area contributed by atoms with Gasteiger partial charge < -0.3 is 5.32 Å². The molecule has 0 atom stereocenters. The molecular weight excluding hydrogens is 260 g/mol. The fourth-order valence-corrected chi connectivity index (χ4v) is 2.74. The van der Waals surface area contributed by atoms with Gasteiger partial charge in [-0.25, -0.2) is 0 Å². The molecule has 0 aliphatic rings. The zero-order valence-electron chi connectivity index (χ0n) is 13.6. The Kier molecular flexibility index (Phi) is 5.51. The highest BCUT2D eigenvalue weighted by atomic mass is 15.3. The second-order valence-electron chi connectivity index (χ2n) is 5.36. The maximum absolute atomic E-state index is 4.65. The molecule has 2 aromatic rings. The summed E-state index contributed by atoms with van der Waals surface area (Å²) in [4.78, 5) is 4.42. The zero-order chi connectivity index (χ0) is 15.2. The lowest BCUT2D eigenvalue weighted by Gasteiger charge is -2.08. The Balaban J connectivity index is 2.35. The predicted molar refractivity (Wildman–Crippen MR) is 87.2 cm³/mol. The van der Waals surface area contributed by atoms with Gasteiger partial charge in [0.25, 0.3) is 0 Å². The lowest BCUT2D eigenvalue weighted by Crippen LogP contribution is -2.13. The van der Waals surface area contributed by atoms with E-state index in [1.165, 1.54) is 22.4 Å². The molecule has 1 N–H and O–H groups in total. The quantitative estimate of drug-likeness (QED) is 0.795. The number of rotatable bonds is 7. The number of aryl methyl sites for hydroxylation is 2. The van der Waals surface area contributed by atoms with E-state index in [9.17, 15) is 0 Å². The number of nitrogens with one attached hydrogen (secondary N) is 1. The van der Waals surface area contributed by atoms with E-state index in [4.69, 9.17) is 0 Å². The van der Waals surface area contributed by atoms with E-state index in [1.807, 2.05) is 24.1 Å². The lowest BCUT2D eigenvalue weighted by molar-refractivity contribution is 0.674. The highest BCUT2D eigenvalue weighted by Crippen LogP contribution is 2.28. The molecule has 0 aliphatic carbocycles. The summed E-state index contributed by atoms with van der Waals surface area (Å²) < 4.78 is 2.01. The minimum atomic E-state index is 0.873. The van der Waals surface area contributed by atoms with Crippen LogP contribution in [0.1, 0.15) is 44.1 Å². The van der Waals surface area contributed by atoms with Crippen molar-refractivity contribution in [2.45, 2.75) is 46.6 Å². The smallest absolute Gasteiger partial charge is 0.0703 e. The minimum Gasteiger partial charge on any atom is -0.313 e. The highest BCUT2D eigenvalue weighted by Gasteiger charge is 2.15. The normalized spacial score (nSPS) is 11.0. The van der Waals surface area contributed by atoms with Crippen molar-refractivity contribution in [3.63, 3.8) is 0 Å². The molecule has 0 bridgehead atoms. The molecule has 0 spiro atoms. The van der Waals surface area contributed by atoms with Gasteiger partial charge in [-0.3, -0.25) is 9.67 Å². The summed E-state index contributed by atoms with van der Waals surface area (Å²) in [6.07, 6.45) is 6.98. The average Bonchev–Trinajstić information content (AvgIpc) is 2.83. The third-order valence-corrected chi connectivity index (χ3v) is 3.75. The van der Waals surface area contributed by atoms with Crippen molar-refractivity contribution in [1.82, 2.24) is 20.1 Å². The van der Waals surface area contributed by atoms with Crippen LogP contribution >= 0.6 is 0 Å². The van der Waals surface area contributed by atoms with E-state index < -0.39 is 0 Å². The number of aromatic nitrogens is 3. The number of pyridine rings is 1. The van der Waals surface area contributed by atoms with Gasteiger partial charge >= 0.3 is 0 Å². The monoisotopic (exact) mass is 286 g/mol. The van der Waals surface area contributed by atoms with E-state index >= 15 is 0 Å². The van der Waals surface area contributed by atoms with Gasteiger partial charge in [-0.2, -0.15) is 5.10 Å². The second-order valence-corrected chi connectivity index (χ2v) is 5.36. The van der Waals surface area contributed by atoms with Crippen LogP contribution in [0.15, 0.2) is 18.5 Å². The van der Waals surface area contributed by atoms with Crippen LogP contribution in [0, 0.1) is 0 Å². The molecule has 4 heteroatoms. The first kappa shape index (κ1) is 15.7. The first-order valence-electron chi connectivity index (χ1n) is 7.90. The summed E-state index contributed by atoms with van der Waals surface area (Å²) in [6.45, 7) is 8.43. The predicted octanol–water partition coefficient (Wildman–Crippen LogP) is 3.11. The van der Waals surface area contributed by atoms with Crippen LogP contribution in [-0.2, 0) is 26.4 Å². The maximum Gasteiger partial charge on any atom is 0.0703 e. The van der Waals surface area contributed by atoms with Gasteiger partial charge in [-0.1, -0.05) is 20.8 Å². The summed E-state index contributed by atoms with van der Waals surface area (Å²) >= 11 is 0. The van der Waals surface area contributed by atoms with Crippen LogP contribution in [0.5, 0.6) is 0 Å². The Morgan fingerprint density at radius 3 is 2.62 bits per heavy atom. The molecule has 114 valence electrons. The van der Waals surface area contributed by atoms with Crippen molar-refractivity contribution < 1.29 is 0 Å². The molecule has 0 saturated carbocycles. The van der Waals surface area contributed by atoms with Crippen molar-refractivity contribution in [2.75, 3.05) is 6.54 Å². The summed E-state index contributed by atoms with van der Waals surface area (Å²) in [6, 6.07) is 2.24. The first-order chi connectivity index (χ1) is 10.2. The number of hydrogen-bond donors (Lipinski definition) is 1. The van der Waals surface area contributed by atoms with Crippen LogP contribution in [0.2, 0.25) is 0 Å². The van der Waals surface area contributed by atoms with E-state index in [1.54, 1.807) is 0 Å². The maximum atomic E-state index is 4.65. The Labute approximate surface area is 127 Å². The Bertz CT molecular complexity index is 586. The van der Waals surface area contributed by atoms with Gasteiger partial charge in [0.2, 0.25) is 0 Å². The van der Waals surface area contributed by atoms with Crippen LogP contribution in [-0.4, -0.2) is 21.3 Å². The Morgan fingerprint density at radius 1 is 1.14 bits per heavy atom. The fraction of sp³-hybridized carbons (Fsp3) is 0.529. The minimum absolute atomic E-state index is 0.873. The molecule has 0 aliphatic heterocycles. The lowest BCUT2D eigenvalue weighted by atomic mass is 10.0. The molecule has 0 fully saturated rings. The number of nitrogens with zero attached hydrogens (tertiary/aromatic N) is 3. The summed E-state index contributed by atoms with van der Waals surface area (Å²) in [5, 5.41) is 8.09. The molecule has 0 aromatic carbocycles. The molecule has 0 unspecified atom stereocenters. The standard InChI is InChI=1S/C17H26N4/c1-5-8-18-10-13-9-14(12-19-11-13)17-15(6-2)20-21(4)16(17)7-3/h9,11-12,18H,5-8,10H2,1-4H3. The van der Waals surface area contributed by atoms with E-state index in [2.05, 4.69) is 42.2 Å². The van der Waals surface area contributed by atoms with Crippen LogP contribution in [0.25, 0.3) is 11.1 Å². The average molecular weight is 286 g/mol. The second kappa shape index (κ2) is 7.36. The molecule has 0 saturated heterocycles. The first-order valence-corrected chi connectivity index (χ1v) is 7.90. The largest absolute Gasteiger partial charge is 0.313 e. The molecule has 21 heavy (non-hydrogen) atoms. The van der Waals surface area contributed by atoms with Gasteiger partial charge in [0.05, 0.1) is 5.69 Å². The third kappa shape index (κ3) is 3.50. The Hall–Kier alpha value is -1.68. The third-order valence-electron chi connectivity index (χ3n) is 3.75. The van der Waals surface area contributed by atoms with Crippen LogP contribution in [0.4, 0.5) is 0 Å². The molecule has 4 nitrogen and oxygen atoms in total. The van der Waals surface area contributed by atoms with Gasteiger partial charge in [0, 0.05) is 42.8 Å². The van der Waals surface area contributed by atoms with Crippen molar-refractivity contribution in [1.29, 1.82) is 0 Å². The van der Waals surface area contributed by atoms with Gasteiger partial charge in [0.15, 0.2) is 0 Å². The molecule has 0 radical (unpaired) electrons. The van der Waals surface area contributed by atoms with E-state index in [-0.39, 0.29) is 0 Å². The SMILES string of the molecule is CCCNCc1cncc(-c2c(CC)nn(C)c2CC)c1. The topological polar surface area (TPSA) is 42.7 Å². The van der Waals surface area contributed by atoms with E-state index in [0.717, 1.165) is 38.0 Å². The van der Waals surface area contributed by atoms with Crippen molar-refractivity contribution in [3.8, 4) is 11.1 Å². The molecule has 2 aromatic heterocycles. The summed E-state index contributed by atoms with van der Waals surface area (Å²) in [7, 11) is 2.03. The van der Waals surface area contributed by atoms with E-state index in [0.29, 0.717) is 0 Å². The van der Waals surface area contributed by atoms with Crippen molar-refractivity contribution in [3.05, 3.63) is 35.4 Å². The van der Waals surface area contributed by atoms with Gasteiger partial charge in [-0.15, -0.1) is 0 Å². The molecule has 2 heterocycles. The van der Waals surface area contributed by atoms with Crippen molar-refractivity contribution >= 4 is 0 Å². The molecule has 0 amide bonds. The summed E-state index contributed by atoms with van der Waals surface area (Å²) in [5.74, 6) is 0. The highest BCUT2D eigenvalue weighted by molar-refractivity contribution is 5.68. The van der Waals surface area contributed by atoms with Crippen molar-refractivity contribution in [2.24, 2.45) is 7.05 Å².